The van der Waals surface area contributed by atoms with Crippen molar-refractivity contribution in [2.45, 2.75) is 70.1 Å². The standard InChI is InChI=1S/C24H31FNO5P/c1-16(2)13-14-24(21(27)28,32(30)31)23(29,15-17-9-11-18(25)12-10-17)20-8-6-7-19(26-20)22(3,4)5/h6-12,16,29H,13-15H2,1-5H3,(H-,27,28,30,31)/p+1. The van der Waals surface area contributed by atoms with E-state index >= 15 is 0 Å². The second kappa shape index (κ2) is 9.74. The first-order valence-corrected chi connectivity index (χ1v) is 11.8. The lowest BCUT2D eigenvalue weighted by molar-refractivity contribution is -0.151. The second-order valence-corrected chi connectivity index (χ2v) is 11.0. The quantitative estimate of drug-likeness (QED) is 0.454. The molecule has 2 rings (SSSR count). The van der Waals surface area contributed by atoms with E-state index in [2.05, 4.69) is 4.98 Å². The van der Waals surface area contributed by atoms with E-state index in [4.69, 9.17) is 0 Å². The largest absolute Gasteiger partial charge is 0.527 e. The average Bonchev–Trinajstić information content (AvgIpc) is 2.69. The summed E-state index contributed by atoms with van der Waals surface area (Å²) in [7, 11) is -3.38. The Morgan fingerprint density at radius 1 is 1.09 bits per heavy atom. The summed E-state index contributed by atoms with van der Waals surface area (Å²) in [4.78, 5) is 27.6. The highest BCUT2D eigenvalue weighted by Gasteiger charge is 2.71. The van der Waals surface area contributed by atoms with Gasteiger partial charge < -0.3 is 10.2 Å². The minimum Gasteiger partial charge on any atom is -0.477 e. The molecular weight excluding hydrogens is 432 g/mol. The van der Waals surface area contributed by atoms with Gasteiger partial charge in [-0.25, -0.2) is 9.18 Å². The third-order valence-electron chi connectivity index (χ3n) is 5.76. The van der Waals surface area contributed by atoms with Crippen LogP contribution in [-0.4, -0.2) is 31.2 Å². The van der Waals surface area contributed by atoms with Crippen molar-refractivity contribution in [2.75, 3.05) is 0 Å². The van der Waals surface area contributed by atoms with E-state index in [1.807, 2.05) is 34.6 Å². The summed E-state index contributed by atoms with van der Waals surface area (Å²) in [6.07, 6.45) is -0.247. The molecule has 0 saturated carbocycles. The SMILES string of the molecule is CC(C)CCC(C(=O)O)([P+](=O)O)C(O)(Cc1ccc(F)cc1)c1cccc(C(C)(C)C)n1. The molecule has 1 heterocycles. The molecule has 32 heavy (non-hydrogen) atoms. The number of hydrogen-bond acceptors (Lipinski definition) is 4. The maximum absolute atomic E-state index is 13.5. The van der Waals surface area contributed by atoms with Gasteiger partial charge in [-0.15, -0.1) is 0 Å². The van der Waals surface area contributed by atoms with Crippen LogP contribution in [0.3, 0.4) is 0 Å². The number of aliphatic carboxylic acids is 1. The van der Waals surface area contributed by atoms with Gasteiger partial charge in [0.25, 0.3) is 0 Å². The van der Waals surface area contributed by atoms with Crippen LogP contribution >= 0.6 is 8.03 Å². The average molecular weight is 464 g/mol. The van der Waals surface area contributed by atoms with E-state index in [1.165, 1.54) is 30.3 Å². The number of pyridine rings is 1. The first kappa shape index (κ1) is 26.0. The summed E-state index contributed by atoms with van der Waals surface area (Å²) in [5, 5.41) is 19.9. The van der Waals surface area contributed by atoms with Crippen molar-refractivity contribution in [1.29, 1.82) is 0 Å². The van der Waals surface area contributed by atoms with Crippen molar-refractivity contribution in [3.63, 3.8) is 0 Å². The Morgan fingerprint density at radius 3 is 2.12 bits per heavy atom. The number of halogens is 1. The van der Waals surface area contributed by atoms with Crippen LogP contribution < -0.4 is 0 Å². The van der Waals surface area contributed by atoms with E-state index in [0.717, 1.165) is 0 Å². The molecule has 0 spiro atoms. The molecule has 3 atom stereocenters. The summed E-state index contributed by atoms with van der Waals surface area (Å²) in [6.45, 7) is 9.51. The molecule has 0 aliphatic rings. The normalized spacial score (nSPS) is 16.3. The van der Waals surface area contributed by atoms with Crippen LogP contribution in [0.15, 0.2) is 42.5 Å². The lowest BCUT2D eigenvalue weighted by Gasteiger charge is -2.36. The summed E-state index contributed by atoms with van der Waals surface area (Å²) in [5.74, 6) is -2.02. The maximum Gasteiger partial charge on any atom is 0.527 e. The van der Waals surface area contributed by atoms with E-state index < -0.39 is 36.0 Å². The molecule has 0 aliphatic carbocycles. The predicted octanol–water partition coefficient (Wildman–Crippen LogP) is 4.94. The van der Waals surface area contributed by atoms with Gasteiger partial charge in [0.05, 0.1) is 5.69 Å². The molecule has 0 bridgehead atoms. The smallest absolute Gasteiger partial charge is 0.477 e. The van der Waals surface area contributed by atoms with Gasteiger partial charge in [-0.1, -0.05) is 52.8 Å². The van der Waals surface area contributed by atoms with Gasteiger partial charge in [-0.3, -0.25) is 4.98 Å². The van der Waals surface area contributed by atoms with Crippen LogP contribution in [0.1, 0.15) is 64.4 Å². The predicted molar refractivity (Wildman–Crippen MR) is 121 cm³/mol. The minimum atomic E-state index is -3.38. The number of aliphatic hydroxyl groups is 1. The summed E-state index contributed by atoms with van der Waals surface area (Å²) in [5.41, 5.74) is -1.71. The molecule has 6 nitrogen and oxygen atoms in total. The molecule has 0 saturated heterocycles. The molecule has 2 aromatic rings. The zero-order valence-electron chi connectivity index (χ0n) is 19.2. The highest BCUT2D eigenvalue weighted by atomic mass is 31.1. The molecule has 1 aromatic heterocycles. The van der Waals surface area contributed by atoms with Gasteiger partial charge in [0, 0.05) is 24.0 Å². The number of carboxylic acid groups (broad SMARTS) is 1. The molecule has 0 aliphatic heterocycles. The van der Waals surface area contributed by atoms with Crippen molar-refractivity contribution in [3.05, 3.63) is 65.2 Å². The lowest BCUT2D eigenvalue weighted by atomic mass is 9.75. The van der Waals surface area contributed by atoms with Gasteiger partial charge in [-0.2, -0.15) is 4.89 Å². The number of rotatable bonds is 9. The van der Waals surface area contributed by atoms with Crippen molar-refractivity contribution < 1.29 is 28.9 Å². The highest BCUT2D eigenvalue weighted by molar-refractivity contribution is 7.41. The van der Waals surface area contributed by atoms with Crippen molar-refractivity contribution in [1.82, 2.24) is 4.98 Å². The van der Waals surface area contributed by atoms with E-state index in [0.29, 0.717) is 17.7 Å². The number of carbonyl (C=O) groups is 1. The second-order valence-electron chi connectivity index (χ2n) is 9.69. The zero-order valence-corrected chi connectivity index (χ0v) is 20.1. The van der Waals surface area contributed by atoms with Gasteiger partial charge in [0.1, 0.15) is 5.82 Å². The van der Waals surface area contributed by atoms with Crippen LogP contribution in [-0.2, 0) is 26.8 Å². The first-order valence-electron chi connectivity index (χ1n) is 10.6. The van der Waals surface area contributed by atoms with Gasteiger partial charge in [-0.05, 0) is 46.7 Å². The molecule has 0 fully saturated rings. The van der Waals surface area contributed by atoms with Crippen LogP contribution in [0.5, 0.6) is 0 Å². The lowest BCUT2D eigenvalue weighted by Crippen LogP contribution is -2.56. The van der Waals surface area contributed by atoms with Crippen LogP contribution in [0.4, 0.5) is 4.39 Å². The Kier molecular flexibility index (Phi) is 7.92. The van der Waals surface area contributed by atoms with Crippen molar-refractivity contribution in [2.24, 2.45) is 5.92 Å². The Morgan fingerprint density at radius 2 is 1.66 bits per heavy atom. The molecule has 3 N–H and O–H groups in total. The summed E-state index contributed by atoms with van der Waals surface area (Å²) >= 11 is 0. The third-order valence-corrected chi connectivity index (χ3v) is 7.20. The molecule has 8 heteroatoms. The van der Waals surface area contributed by atoms with Crippen LogP contribution in [0, 0.1) is 11.7 Å². The Hall–Kier alpha value is -2.21. The molecule has 3 unspecified atom stereocenters. The number of benzene rings is 1. The topological polar surface area (TPSA) is 108 Å². The van der Waals surface area contributed by atoms with Gasteiger partial charge >= 0.3 is 19.2 Å². The Labute approximate surface area is 189 Å². The summed E-state index contributed by atoms with van der Waals surface area (Å²) < 4.78 is 26.2. The van der Waals surface area contributed by atoms with E-state index in [9.17, 15) is 28.9 Å². The van der Waals surface area contributed by atoms with Gasteiger partial charge in [0.15, 0.2) is 5.60 Å². The maximum atomic E-state index is 13.5. The number of hydrogen-bond donors (Lipinski definition) is 3. The van der Waals surface area contributed by atoms with Crippen LogP contribution in [0.2, 0.25) is 0 Å². The Bertz CT molecular complexity index is 957. The molecule has 0 amide bonds. The number of carboxylic acids is 1. The number of nitrogens with zero attached hydrogens (tertiary/aromatic N) is 1. The molecule has 174 valence electrons. The first-order chi connectivity index (χ1) is 14.7. The fourth-order valence-corrected chi connectivity index (χ4v) is 4.75. The third kappa shape index (κ3) is 5.22. The van der Waals surface area contributed by atoms with Crippen molar-refractivity contribution >= 4 is 14.0 Å². The molecule has 0 radical (unpaired) electrons. The molecule has 1 aromatic carbocycles. The van der Waals surface area contributed by atoms with Gasteiger partial charge in [0.2, 0.25) is 0 Å². The molecular formula is C24H32FNO5P+. The van der Waals surface area contributed by atoms with E-state index in [-0.39, 0.29) is 24.5 Å². The van der Waals surface area contributed by atoms with Crippen LogP contribution in [0.25, 0.3) is 0 Å². The number of aromatic nitrogens is 1. The zero-order chi connectivity index (χ0) is 24.3. The fourth-order valence-electron chi connectivity index (χ4n) is 3.75. The monoisotopic (exact) mass is 464 g/mol. The summed E-state index contributed by atoms with van der Waals surface area (Å²) in [6, 6.07) is 10.1. The fraction of sp³-hybridized carbons (Fsp3) is 0.500. The minimum absolute atomic E-state index is 0.00203. The van der Waals surface area contributed by atoms with Crippen molar-refractivity contribution in [3.8, 4) is 0 Å². The Balaban J connectivity index is 2.82. The highest BCUT2D eigenvalue weighted by Crippen LogP contribution is 2.53. The van der Waals surface area contributed by atoms with E-state index in [1.54, 1.807) is 12.1 Å².